The third-order valence-electron chi connectivity index (χ3n) is 7.20. The van der Waals surface area contributed by atoms with Crippen LogP contribution < -0.4 is 10.2 Å². The Kier molecular flexibility index (Phi) is 8.58. The SMILES string of the molecule is C=C(C)/C=C(\C=C/C)N(C(=O)CNC1CCOCC1)C1C(=O)N(C2CCCCC2)c2ccccc21. The molecule has 1 aromatic carbocycles. The fourth-order valence-electron chi connectivity index (χ4n) is 5.56. The second-order valence-electron chi connectivity index (χ2n) is 9.91. The van der Waals surface area contributed by atoms with E-state index in [1.54, 1.807) is 4.90 Å². The lowest BCUT2D eigenvalue weighted by Gasteiger charge is -2.34. The van der Waals surface area contributed by atoms with Gasteiger partial charge in [0, 0.05) is 42.2 Å². The Morgan fingerprint density at radius 1 is 1.17 bits per heavy atom. The quantitative estimate of drug-likeness (QED) is 0.533. The second-order valence-corrected chi connectivity index (χ2v) is 9.91. The second kappa shape index (κ2) is 11.8. The lowest BCUT2D eigenvalue weighted by molar-refractivity contribution is -0.136. The maximum Gasteiger partial charge on any atom is 0.255 e. The number of hydrogen-bond acceptors (Lipinski definition) is 4. The van der Waals surface area contributed by atoms with E-state index in [0.717, 1.165) is 55.3 Å². The molecule has 1 saturated heterocycles. The van der Waals surface area contributed by atoms with Gasteiger partial charge in [-0.3, -0.25) is 14.5 Å². The molecule has 1 unspecified atom stereocenters. The number of para-hydroxylation sites is 1. The first-order chi connectivity index (χ1) is 17.0. The predicted molar refractivity (Wildman–Crippen MR) is 140 cm³/mol. The molecule has 0 spiro atoms. The molecular weight excluding hydrogens is 438 g/mol. The fraction of sp³-hybridized carbons (Fsp3) is 0.517. The van der Waals surface area contributed by atoms with Gasteiger partial charge in [-0.05, 0) is 57.7 Å². The largest absolute Gasteiger partial charge is 0.381 e. The first-order valence-electron chi connectivity index (χ1n) is 13.1. The summed E-state index contributed by atoms with van der Waals surface area (Å²) in [5.74, 6) is -0.115. The molecule has 2 aliphatic heterocycles. The number of carbonyl (C=O) groups is 2. The van der Waals surface area contributed by atoms with Crippen LogP contribution in [0.1, 0.15) is 70.4 Å². The van der Waals surface area contributed by atoms with Crippen LogP contribution in [-0.4, -0.2) is 48.6 Å². The summed E-state index contributed by atoms with van der Waals surface area (Å²) in [5, 5.41) is 3.42. The molecule has 0 radical (unpaired) electrons. The molecule has 0 aromatic heterocycles. The number of hydrogen-bond donors (Lipinski definition) is 1. The zero-order valence-electron chi connectivity index (χ0n) is 21.2. The molecule has 1 aromatic rings. The van der Waals surface area contributed by atoms with Crippen LogP contribution in [0.25, 0.3) is 0 Å². The van der Waals surface area contributed by atoms with Crippen LogP contribution in [-0.2, 0) is 14.3 Å². The van der Waals surface area contributed by atoms with Gasteiger partial charge < -0.3 is 15.0 Å². The number of carbonyl (C=O) groups excluding carboxylic acids is 2. The molecule has 1 aliphatic carbocycles. The minimum atomic E-state index is -0.682. The summed E-state index contributed by atoms with van der Waals surface area (Å²) in [6.07, 6.45) is 13.0. The Bertz CT molecular complexity index is 987. The Hall–Kier alpha value is -2.70. The Morgan fingerprint density at radius 3 is 2.57 bits per heavy atom. The highest BCUT2D eigenvalue weighted by Crippen LogP contribution is 2.44. The van der Waals surface area contributed by atoms with Crippen molar-refractivity contribution in [2.45, 2.75) is 76.9 Å². The van der Waals surface area contributed by atoms with E-state index in [9.17, 15) is 9.59 Å². The molecule has 3 aliphatic rings. The number of rotatable bonds is 8. The van der Waals surface area contributed by atoms with Crippen LogP contribution in [0.2, 0.25) is 0 Å². The number of nitrogens with one attached hydrogen (secondary N) is 1. The smallest absolute Gasteiger partial charge is 0.255 e. The summed E-state index contributed by atoms with van der Waals surface area (Å²) in [6, 6.07) is 7.73. The number of amides is 2. The number of anilines is 1. The zero-order chi connectivity index (χ0) is 24.8. The van der Waals surface area contributed by atoms with Gasteiger partial charge >= 0.3 is 0 Å². The van der Waals surface area contributed by atoms with Crippen LogP contribution in [0, 0.1) is 0 Å². The van der Waals surface area contributed by atoms with Crippen molar-refractivity contribution in [3.63, 3.8) is 0 Å². The van der Waals surface area contributed by atoms with Crippen LogP contribution in [0.5, 0.6) is 0 Å². The minimum Gasteiger partial charge on any atom is -0.381 e. The van der Waals surface area contributed by atoms with Gasteiger partial charge in [-0.25, -0.2) is 0 Å². The first kappa shape index (κ1) is 25.4. The summed E-state index contributed by atoms with van der Waals surface area (Å²) < 4.78 is 5.46. The number of ether oxygens (including phenoxy) is 1. The van der Waals surface area contributed by atoms with E-state index in [1.165, 1.54) is 6.42 Å². The lowest BCUT2D eigenvalue weighted by atomic mass is 9.94. The van der Waals surface area contributed by atoms with E-state index in [2.05, 4.69) is 11.9 Å². The van der Waals surface area contributed by atoms with Crippen LogP contribution in [0.3, 0.4) is 0 Å². The van der Waals surface area contributed by atoms with Gasteiger partial charge in [0.05, 0.1) is 6.54 Å². The van der Waals surface area contributed by atoms with Crippen molar-refractivity contribution in [2.75, 3.05) is 24.7 Å². The van der Waals surface area contributed by atoms with E-state index in [-0.39, 0.29) is 30.4 Å². The molecule has 4 rings (SSSR count). The van der Waals surface area contributed by atoms with E-state index < -0.39 is 6.04 Å². The molecule has 1 atom stereocenters. The summed E-state index contributed by atoms with van der Waals surface area (Å²) in [4.78, 5) is 31.7. The highest BCUT2D eigenvalue weighted by Gasteiger charge is 2.45. The summed E-state index contributed by atoms with van der Waals surface area (Å²) >= 11 is 0. The highest BCUT2D eigenvalue weighted by atomic mass is 16.5. The molecule has 1 saturated carbocycles. The van der Waals surface area contributed by atoms with E-state index in [1.807, 2.05) is 61.2 Å². The first-order valence-corrected chi connectivity index (χ1v) is 13.1. The van der Waals surface area contributed by atoms with Crippen LogP contribution >= 0.6 is 0 Å². The topological polar surface area (TPSA) is 61.9 Å². The molecule has 1 N–H and O–H groups in total. The molecule has 0 bridgehead atoms. The summed E-state index contributed by atoms with van der Waals surface area (Å²) in [7, 11) is 0. The number of fused-ring (bicyclic) bond motifs is 1. The van der Waals surface area contributed by atoms with Crippen molar-refractivity contribution in [3.8, 4) is 0 Å². The van der Waals surface area contributed by atoms with E-state index in [4.69, 9.17) is 4.74 Å². The fourth-order valence-corrected chi connectivity index (χ4v) is 5.56. The lowest BCUT2D eigenvalue weighted by Crippen LogP contribution is -2.48. The van der Waals surface area contributed by atoms with Gasteiger partial charge in [-0.1, -0.05) is 55.7 Å². The Morgan fingerprint density at radius 2 is 1.89 bits per heavy atom. The average molecular weight is 478 g/mol. The Labute approximate surface area is 209 Å². The molecule has 35 heavy (non-hydrogen) atoms. The molecule has 6 nitrogen and oxygen atoms in total. The number of allylic oxidation sites excluding steroid dienone is 4. The molecular formula is C29H39N3O3. The summed E-state index contributed by atoms with van der Waals surface area (Å²) in [6.45, 7) is 9.46. The average Bonchev–Trinajstić information content (AvgIpc) is 3.15. The van der Waals surface area contributed by atoms with E-state index >= 15 is 0 Å². The van der Waals surface area contributed by atoms with Crippen molar-refractivity contribution < 1.29 is 14.3 Å². The van der Waals surface area contributed by atoms with Crippen molar-refractivity contribution in [3.05, 3.63) is 65.9 Å². The van der Waals surface area contributed by atoms with Gasteiger partial charge in [0.1, 0.15) is 6.04 Å². The Balaban J connectivity index is 1.70. The minimum absolute atomic E-state index is 0.00497. The van der Waals surface area contributed by atoms with Crippen molar-refractivity contribution in [1.29, 1.82) is 0 Å². The van der Waals surface area contributed by atoms with Crippen LogP contribution in [0.4, 0.5) is 5.69 Å². The number of benzene rings is 1. The van der Waals surface area contributed by atoms with Gasteiger partial charge in [0.25, 0.3) is 5.91 Å². The maximum absolute atomic E-state index is 14.1. The predicted octanol–water partition coefficient (Wildman–Crippen LogP) is 5.04. The molecule has 2 heterocycles. The van der Waals surface area contributed by atoms with Crippen molar-refractivity contribution >= 4 is 17.5 Å². The van der Waals surface area contributed by atoms with Gasteiger partial charge in [-0.15, -0.1) is 0 Å². The standard InChI is InChI=1S/C29H39N3O3/c1-4-10-24(19-21(2)3)32(27(33)20-30-22-15-17-35-18-16-22)28-25-13-8-9-14-26(25)31(29(28)34)23-11-6-5-7-12-23/h4,8-10,13-14,19,22-23,28,30H,2,5-7,11-12,15-18,20H2,1,3H3/b10-4-,24-19+. The maximum atomic E-state index is 14.1. The van der Waals surface area contributed by atoms with Crippen molar-refractivity contribution in [2.24, 2.45) is 0 Å². The monoisotopic (exact) mass is 477 g/mol. The van der Waals surface area contributed by atoms with E-state index in [0.29, 0.717) is 18.9 Å². The molecule has 2 amide bonds. The third kappa shape index (κ3) is 5.76. The highest BCUT2D eigenvalue weighted by molar-refractivity contribution is 6.07. The van der Waals surface area contributed by atoms with Gasteiger partial charge in [0.2, 0.25) is 5.91 Å². The molecule has 2 fully saturated rings. The molecule has 188 valence electrons. The zero-order valence-corrected chi connectivity index (χ0v) is 21.2. The van der Waals surface area contributed by atoms with Gasteiger partial charge in [-0.2, -0.15) is 0 Å². The number of nitrogens with zero attached hydrogens (tertiary/aromatic N) is 2. The summed E-state index contributed by atoms with van der Waals surface area (Å²) in [5.41, 5.74) is 3.37. The van der Waals surface area contributed by atoms with Gasteiger partial charge in [0.15, 0.2) is 0 Å². The normalized spacial score (nSPS) is 22.0. The third-order valence-corrected chi connectivity index (χ3v) is 7.20. The van der Waals surface area contributed by atoms with Crippen LogP contribution in [0.15, 0.2) is 60.3 Å². The van der Waals surface area contributed by atoms with Crippen molar-refractivity contribution in [1.82, 2.24) is 10.2 Å². The molecule has 6 heteroatoms.